The van der Waals surface area contributed by atoms with Crippen LogP contribution in [-0.4, -0.2) is 35.2 Å². The second kappa shape index (κ2) is 5.57. The molecule has 0 spiro atoms. The maximum Gasteiger partial charge on any atom is 0.463 e. The molecule has 9 heteroatoms. The molecule has 1 aliphatic carbocycles. The molecule has 20 heavy (non-hydrogen) atoms. The van der Waals surface area contributed by atoms with E-state index in [0.29, 0.717) is 12.8 Å². The van der Waals surface area contributed by atoms with Crippen LogP contribution >= 0.6 is 15.9 Å². The third-order valence-electron chi connectivity index (χ3n) is 3.66. The summed E-state index contributed by atoms with van der Waals surface area (Å²) in [6.45, 7) is 1.46. The van der Waals surface area contributed by atoms with Crippen LogP contribution in [0.25, 0.3) is 0 Å². The van der Waals surface area contributed by atoms with E-state index in [1.807, 2.05) is 0 Å². The fourth-order valence-electron chi connectivity index (χ4n) is 2.26. The van der Waals surface area contributed by atoms with Crippen LogP contribution in [0.1, 0.15) is 26.2 Å². The highest BCUT2D eigenvalue weighted by Crippen LogP contribution is 2.41. The van der Waals surface area contributed by atoms with Crippen LogP contribution < -0.4 is 5.32 Å². The van der Waals surface area contributed by atoms with Crippen molar-refractivity contribution in [3.63, 3.8) is 0 Å². The predicted molar refractivity (Wildman–Crippen MR) is 63.7 cm³/mol. The van der Waals surface area contributed by atoms with E-state index in [4.69, 9.17) is 0 Å². The molecule has 3 nitrogen and oxygen atoms in total. The van der Waals surface area contributed by atoms with Crippen LogP contribution in [0.3, 0.4) is 0 Å². The molecular weight excluding hydrogens is 353 g/mol. The van der Waals surface area contributed by atoms with Crippen molar-refractivity contribution in [1.29, 1.82) is 0 Å². The fraction of sp³-hybridized carbons (Fsp3) is 0.818. The van der Waals surface area contributed by atoms with Crippen molar-refractivity contribution in [2.75, 3.05) is 5.33 Å². The molecule has 1 N–H and O–H groups in total. The molecule has 1 amide bonds. The van der Waals surface area contributed by atoms with Crippen LogP contribution in [0.5, 0.6) is 0 Å². The Kier molecular flexibility index (Phi) is 4.83. The van der Waals surface area contributed by atoms with Crippen molar-refractivity contribution in [2.45, 2.75) is 44.3 Å². The van der Waals surface area contributed by atoms with Crippen LogP contribution in [0, 0.1) is 5.41 Å². The van der Waals surface area contributed by atoms with Gasteiger partial charge in [-0.1, -0.05) is 29.3 Å². The molecule has 0 bridgehead atoms. The van der Waals surface area contributed by atoms with Crippen molar-refractivity contribution in [3.8, 4) is 0 Å². The van der Waals surface area contributed by atoms with E-state index in [9.17, 15) is 31.5 Å². The van der Waals surface area contributed by atoms with E-state index < -0.39 is 29.5 Å². The summed E-state index contributed by atoms with van der Waals surface area (Å²) in [5.74, 6) is -8.21. The standard InChI is InChI=1S/C11H13BrF5NO2/c1-9(7(19)5-12)4-2-3-6(9)18-8(20)10(13,14)11(15,16)17/h6H,2-5H2,1H3,(H,18,20). The molecule has 1 rings (SSSR count). The van der Waals surface area contributed by atoms with E-state index in [0.717, 1.165) is 0 Å². The first kappa shape index (κ1) is 17.3. The molecular formula is C11H13BrF5NO2. The summed E-state index contributed by atoms with van der Waals surface area (Å²) < 4.78 is 62.0. The second-order valence-electron chi connectivity index (χ2n) is 4.96. The van der Waals surface area contributed by atoms with Crippen LogP contribution in [0.2, 0.25) is 0 Å². The Labute approximate surface area is 120 Å². The van der Waals surface area contributed by atoms with Crippen molar-refractivity contribution in [2.24, 2.45) is 5.41 Å². The minimum atomic E-state index is -5.95. The first-order valence-electron chi connectivity index (χ1n) is 5.81. The highest BCUT2D eigenvalue weighted by atomic mass is 79.9. The maximum atomic E-state index is 12.9. The molecule has 0 aromatic rings. The summed E-state index contributed by atoms with van der Waals surface area (Å²) in [6, 6.07) is -1.02. The smallest absolute Gasteiger partial charge is 0.347 e. The lowest BCUT2D eigenvalue weighted by molar-refractivity contribution is -0.270. The van der Waals surface area contributed by atoms with Gasteiger partial charge in [-0.3, -0.25) is 9.59 Å². The average molecular weight is 366 g/mol. The zero-order valence-corrected chi connectivity index (χ0v) is 12.1. The molecule has 0 radical (unpaired) electrons. The monoisotopic (exact) mass is 365 g/mol. The van der Waals surface area contributed by atoms with Crippen LogP contribution in [0.15, 0.2) is 0 Å². The second-order valence-corrected chi connectivity index (χ2v) is 5.53. The molecule has 116 valence electrons. The minimum Gasteiger partial charge on any atom is -0.347 e. The van der Waals surface area contributed by atoms with Gasteiger partial charge in [-0.05, 0) is 12.8 Å². The highest BCUT2D eigenvalue weighted by molar-refractivity contribution is 9.09. The number of halogens is 6. The maximum absolute atomic E-state index is 12.9. The summed E-state index contributed by atoms with van der Waals surface area (Å²) in [6.07, 6.45) is -4.96. The molecule has 0 aromatic carbocycles. The number of hydrogen-bond acceptors (Lipinski definition) is 2. The Morgan fingerprint density at radius 2 is 1.85 bits per heavy atom. The summed E-state index contributed by atoms with van der Waals surface area (Å²) in [4.78, 5) is 22.9. The van der Waals surface area contributed by atoms with Gasteiger partial charge in [0.2, 0.25) is 0 Å². The minimum absolute atomic E-state index is 0.0501. The van der Waals surface area contributed by atoms with E-state index in [1.54, 1.807) is 5.32 Å². The topological polar surface area (TPSA) is 46.2 Å². The zero-order chi connectivity index (χ0) is 15.8. The lowest BCUT2D eigenvalue weighted by Gasteiger charge is -2.31. The van der Waals surface area contributed by atoms with Gasteiger partial charge >= 0.3 is 18.0 Å². The van der Waals surface area contributed by atoms with Crippen molar-refractivity contribution >= 4 is 27.6 Å². The Balaban J connectivity index is 2.88. The third kappa shape index (κ3) is 2.96. The number of Topliss-reactive ketones (excluding diaryl/α,β-unsaturated/α-hetero) is 1. The van der Waals surface area contributed by atoms with Gasteiger partial charge in [0.25, 0.3) is 0 Å². The molecule has 0 heterocycles. The van der Waals surface area contributed by atoms with Crippen molar-refractivity contribution in [1.82, 2.24) is 5.32 Å². The zero-order valence-electron chi connectivity index (χ0n) is 10.5. The van der Waals surface area contributed by atoms with E-state index >= 15 is 0 Å². The number of ketones is 1. The quantitative estimate of drug-likeness (QED) is 0.615. The molecule has 2 unspecified atom stereocenters. The first-order chi connectivity index (χ1) is 8.96. The molecule has 1 aliphatic rings. The van der Waals surface area contributed by atoms with Gasteiger partial charge in [0.1, 0.15) is 0 Å². The number of carbonyl (C=O) groups excluding carboxylic acids is 2. The number of carbonyl (C=O) groups is 2. The molecule has 0 aliphatic heterocycles. The number of amides is 1. The first-order valence-corrected chi connectivity index (χ1v) is 6.93. The van der Waals surface area contributed by atoms with Gasteiger partial charge in [0.05, 0.1) is 5.33 Å². The molecule has 2 atom stereocenters. The summed E-state index contributed by atoms with van der Waals surface area (Å²) >= 11 is 2.93. The fourth-order valence-corrected chi connectivity index (χ4v) is 2.90. The Bertz CT molecular complexity index is 412. The predicted octanol–water partition coefficient (Wildman–Crippen LogP) is 2.82. The van der Waals surface area contributed by atoms with E-state index in [-0.39, 0.29) is 17.5 Å². The van der Waals surface area contributed by atoms with Gasteiger partial charge in [-0.15, -0.1) is 0 Å². The summed E-state index contributed by atoms with van der Waals surface area (Å²) in [5, 5.41) is 1.63. The lowest BCUT2D eigenvalue weighted by atomic mass is 9.81. The van der Waals surface area contributed by atoms with E-state index in [1.165, 1.54) is 6.92 Å². The van der Waals surface area contributed by atoms with Crippen molar-refractivity contribution < 1.29 is 31.5 Å². The number of alkyl halides is 6. The molecule has 1 fully saturated rings. The number of nitrogens with one attached hydrogen (secondary N) is 1. The van der Waals surface area contributed by atoms with Crippen LogP contribution in [0.4, 0.5) is 22.0 Å². The Hall–Kier alpha value is -0.730. The summed E-state index contributed by atoms with van der Waals surface area (Å²) in [5.41, 5.74) is -1.12. The average Bonchev–Trinajstić information content (AvgIpc) is 2.69. The van der Waals surface area contributed by atoms with Gasteiger partial charge in [0.15, 0.2) is 5.78 Å². The third-order valence-corrected chi connectivity index (χ3v) is 4.17. The van der Waals surface area contributed by atoms with E-state index in [2.05, 4.69) is 15.9 Å². The van der Waals surface area contributed by atoms with Gasteiger partial charge < -0.3 is 5.32 Å². The SMILES string of the molecule is CC1(C(=O)CBr)CCCC1NC(=O)C(F)(F)C(F)(F)F. The van der Waals surface area contributed by atoms with Gasteiger partial charge in [-0.2, -0.15) is 22.0 Å². The van der Waals surface area contributed by atoms with Gasteiger partial charge in [-0.25, -0.2) is 0 Å². The van der Waals surface area contributed by atoms with Crippen molar-refractivity contribution in [3.05, 3.63) is 0 Å². The lowest BCUT2D eigenvalue weighted by Crippen LogP contribution is -2.56. The molecule has 0 saturated heterocycles. The highest BCUT2D eigenvalue weighted by Gasteiger charge is 2.64. The largest absolute Gasteiger partial charge is 0.463 e. The number of hydrogen-bond donors (Lipinski definition) is 1. The normalized spacial score (nSPS) is 27.4. The van der Waals surface area contributed by atoms with Gasteiger partial charge in [0, 0.05) is 11.5 Å². The van der Waals surface area contributed by atoms with Crippen LogP contribution in [-0.2, 0) is 9.59 Å². The molecule has 1 saturated carbocycles. The number of rotatable bonds is 4. The molecule has 0 aromatic heterocycles. The summed E-state index contributed by atoms with van der Waals surface area (Å²) in [7, 11) is 0. The Morgan fingerprint density at radius 3 is 2.30 bits per heavy atom. The Morgan fingerprint density at radius 1 is 1.30 bits per heavy atom.